The van der Waals surface area contributed by atoms with Crippen LogP contribution in [0.3, 0.4) is 0 Å². The summed E-state index contributed by atoms with van der Waals surface area (Å²) in [7, 11) is -3.46. The summed E-state index contributed by atoms with van der Waals surface area (Å²) in [6.07, 6.45) is 0. The van der Waals surface area contributed by atoms with Crippen LogP contribution >= 0.6 is 0 Å². The van der Waals surface area contributed by atoms with Crippen LogP contribution in [0.15, 0.2) is 53.7 Å². The minimum atomic E-state index is -3.46. The Bertz CT molecular complexity index is 932. The van der Waals surface area contributed by atoms with Gasteiger partial charge in [0.2, 0.25) is 15.0 Å². The van der Waals surface area contributed by atoms with E-state index >= 15 is 0 Å². The van der Waals surface area contributed by atoms with Crippen LogP contribution in [0.2, 0.25) is 0 Å². The molecule has 0 unspecified atom stereocenters. The number of aromatic nitrogens is 2. The summed E-state index contributed by atoms with van der Waals surface area (Å²) < 4.78 is 39.6. The lowest BCUT2D eigenvalue weighted by atomic mass is 10.2. The zero-order valence-electron chi connectivity index (χ0n) is 12.0. The SMILES string of the molecule is CCS(=O)(=O)c1nc2ccccc2n1Cc1cccc(F)c1. The third-order valence-electron chi connectivity index (χ3n) is 3.51. The number of hydrogen-bond acceptors (Lipinski definition) is 3. The molecule has 6 heteroatoms. The zero-order valence-corrected chi connectivity index (χ0v) is 12.8. The van der Waals surface area contributed by atoms with Gasteiger partial charge >= 0.3 is 0 Å². The fraction of sp³-hybridized carbons (Fsp3) is 0.188. The highest BCUT2D eigenvalue weighted by Crippen LogP contribution is 2.22. The number of rotatable bonds is 4. The van der Waals surface area contributed by atoms with Gasteiger partial charge in [-0.3, -0.25) is 0 Å². The standard InChI is InChI=1S/C16H15FN2O2S/c1-2-22(20,21)16-18-14-8-3-4-9-15(14)19(16)11-12-6-5-7-13(17)10-12/h3-10H,2,11H2,1H3. The maximum atomic E-state index is 13.4. The van der Waals surface area contributed by atoms with Gasteiger partial charge in [-0.05, 0) is 29.8 Å². The summed E-state index contributed by atoms with van der Waals surface area (Å²) in [6.45, 7) is 1.84. The number of hydrogen-bond donors (Lipinski definition) is 0. The van der Waals surface area contributed by atoms with Gasteiger partial charge in [-0.2, -0.15) is 0 Å². The number of nitrogens with zero attached hydrogens (tertiary/aromatic N) is 2. The maximum absolute atomic E-state index is 13.4. The molecule has 0 radical (unpaired) electrons. The van der Waals surface area contributed by atoms with E-state index in [1.807, 2.05) is 18.2 Å². The Hall–Kier alpha value is -2.21. The molecule has 3 aromatic rings. The molecule has 0 amide bonds. The van der Waals surface area contributed by atoms with Gasteiger partial charge in [0.25, 0.3) is 0 Å². The van der Waals surface area contributed by atoms with Crippen molar-refractivity contribution in [3.05, 3.63) is 59.9 Å². The molecule has 22 heavy (non-hydrogen) atoms. The normalized spacial score (nSPS) is 11.9. The largest absolute Gasteiger partial charge is 0.310 e. The number of imidazole rings is 1. The molecule has 0 spiro atoms. The Balaban J connectivity index is 2.20. The molecule has 0 atom stereocenters. The average molecular weight is 318 g/mol. The van der Waals surface area contributed by atoms with E-state index in [4.69, 9.17) is 0 Å². The minimum Gasteiger partial charge on any atom is -0.310 e. The summed E-state index contributed by atoms with van der Waals surface area (Å²) >= 11 is 0. The van der Waals surface area contributed by atoms with Crippen molar-refractivity contribution in [2.75, 3.05) is 5.75 Å². The summed E-state index contributed by atoms with van der Waals surface area (Å²) in [5, 5.41) is 0.0282. The molecule has 1 heterocycles. The van der Waals surface area contributed by atoms with Gasteiger partial charge in [-0.15, -0.1) is 0 Å². The van der Waals surface area contributed by atoms with Crippen LogP contribution in [0.4, 0.5) is 4.39 Å². The van der Waals surface area contributed by atoms with Crippen LogP contribution in [-0.2, 0) is 16.4 Å². The molecule has 1 aromatic heterocycles. The van der Waals surface area contributed by atoms with E-state index in [0.717, 1.165) is 5.52 Å². The van der Waals surface area contributed by atoms with Crippen LogP contribution in [0.1, 0.15) is 12.5 Å². The smallest absolute Gasteiger partial charge is 0.229 e. The predicted molar refractivity (Wildman–Crippen MR) is 83.0 cm³/mol. The van der Waals surface area contributed by atoms with Gasteiger partial charge in [0.05, 0.1) is 23.3 Å². The molecule has 0 aliphatic rings. The van der Waals surface area contributed by atoms with E-state index in [1.165, 1.54) is 12.1 Å². The summed E-state index contributed by atoms with van der Waals surface area (Å²) in [4.78, 5) is 4.26. The maximum Gasteiger partial charge on any atom is 0.229 e. The second-order valence-corrected chi connectivity index (χ2v) is 7.17. The number of fused-ring (bicyclic) bond motifs is 1. The Kier molecular flexibility index (Phi) is 3.70. The lowest BCUT2D eigenvalue weighted by molar-refractivity contribution is 0.576. The third-order valence-corrected chi connectivity index (χ3v) is 5.14. The fourth-order valence-corrected chi connectivity index (χ4v) is 3.38. The quantitative estimate of drug-likeness (QED) is 0.743. The molecule has 0 saturated carbocycles. The van der Waals surface area contributed by atoms with Gasteiger partial charge in [-0.1, -0.05) is 31.2 Å². The average Bonchev–Trinajstić information content (AvgIpc) is 2.87. The lowest BCUT2D eigenvalue weighted by Crippen LogP contribution is -2.13. The van der Waals surface area contributed by atoms with Crippen molar-refractivity contribution in [3.63, 3.8) is 0 Å². The fourth-order valence-electron chi connectivity index (χ4n) is 2.39. The van der Waals surface area contributed by atoms with E-state index < -0.39 is 9.84 Å². The Morgan fingerprint density at radius 1 is 1.14 bits per heavy atom. The van der Waals surface area contributed by atoms with Crippen molar-refractivity contribution in [1.29, 1.82) is 0 Å². The molecule has 0 saturated heterocycles. The van der Waals surface area contributed by atoms with Crippen molar-refractivity contribution >= 4 is 20.9 Å². The summed E-state index contributed by atoms with van der Waals surface area (Å²) in [5.41, 5.74) is 2.03. The summed E-state index contributed by atoms with van der Waals surface area (Å²) in [5.74, 6) is -0.374. The van der Waals surface area contributed by atoms with Gasteiger partial charge in [0.1, 0.15) is 5.82 Å². The first kappa shape index (κ1) is 14.7. The molecule has 2 aromatic carbocycles. The van der Waals surface area contributed by atoms with E-state index in [-0.39, 0.29) is 23.3 Å². The highest BCUT2D eigenvalue weighted by Gasteiger charge is 2.22. The molecule has 3 rings (SSSR count). The van der Waals surface area contributed by atoms with Crippen molar-refractivity contribution in [2.24, 2.45) is 0 Å². The molecule has 0 aliphatic heterocycles. The summed E-state index contributed by atoms with van der Waals surface area (Å²) in [6, 6.07) is 13.4. The first-order valence-electron chi connectivity index (χ1n) is 6.94. The second kappa shape index (κ2) is 5.53. The molecular formula is C16H15FN2O2S. The first-order chi connectivity index (χ1) is 10.5. The van der Waals surface area contributed by atoms with E-state index in [2.05, 4.69) is 4.98 Å². The van der Waals surface area contributed by atoms with Gasteiger partial charge in [0, 0.05) is 0 Å². The van der Waals surface area contributed by atoms with E-state index in [0.29, 0.717) is 11.1 Å². The zero-order chi connectivity index (χ0) is 15.7. The molecule has 0 aliphatic carbocycles. The topological polar surface area (TPSA) is 52.0 Å². The van der Waals surface area contributed by atoms with E-state index in [9.17, 15) is 12.8 Å². The van der Waals surface area contributed by atoms with Gasteiger partial charge < -0.3 is 4.57 Å². The highest BCUT2D eigenvalue weighted by molar-refractivity contribution is 7.91. The van der Waals surface area contributed by atoms with Crippen LogP contribution in [0, 0.1) is 5.82 Å². The monoisotopic (exact) mass is 318 g/mol. The number of para-hydroxylation sites is 2. The van der Waals surface area contributed by atoms with Crippen LogP contribution in [-0.4, -0.2) is 23.7 Å². The van der Waals surface area contributed by atoms with Crippen molar-refractivity contribution < 1.29 is 12.8 Å². The van der Waals surface area contributed by atoms with Gasteiger partial charge in [0.15, 0.2) is 0 Å². The minimum absolute atomic E-state index is 0.0282. The Morgan fingerprint density at radius 2 is 1.91 bits per heavy atom. The molecule has 0 N–H and O–H groups in total. The number of benzene rings is 2. The lowest BCUT2D eigenvalue weighted by Gasteiger charge is -2.09. The molecule has 0 fully saturated rings. The van der Waals surface area contributed by atoms with Gasteiger partial charge in [-0.25, -0.2) is 17.8 Å². The van der Waals surface area contributed by atoms with Crippen molar-refractivity contribution in [2.45, 2.75) is 18.6 Å². The number of halogens is 1. The first-order valence-corrected chi connectivity index (χ1v) is 8.59. The third kappa shape index (κ3) is 2.62. The van der Waals surface area contributed by atoms with Crippen LogP contribution in [0.5, 0.6) is 0 Å². The number of sulfone groups is 1. The molecule has 114 valence electrons. The van der Waals surface area contributed by atoms with Crippen LogP contribution < -0.4 is 0 Å². The van der Waals surface area contributed by atoms with Crippen LogP contribution in [0.25, 0.3) is 11.0 Å². The molecular weight excluding hydrogens is 303 g/mol. The van der Waals surface area contributed by atoms with Crippen molar-refractivity contribution in [3.8, 4) is 0 Å². The predicted octanol–water partition coefficient (Wildman–Crippen LogP) is 3.02. The molecule has 0 bridgehead atoms. The Morgan fingerprint density at radius 3 is 2.64 bits per heavy atom. The Labute approximate surface area is 128 Å². The molecule has 4 nitrogen and oxygen atoms in total. The van der Waals surface area contributed by atoms with Crippen molar-refractivity contribution in [1.82, 2.24) is 9.55 Å². The highest BCUT2D eigenvalue weighted by atomic mass is 32.2. The second-order valence-electron chi connectivity index (χ2n) is 5.00. The van der Waals surface area contributed by atoms with E-state index in [1.54, 1.807) is 29.7 Å².